The minimum Gasteiger partial charge on any atom is -0.233 e. The summed E-state index contributed by atoms with van der Waals surface area (Å²) in [7, 11) is 0. The molecule has 124 valence electrons. The molecule has 2 nitrogen and oxygen atoms in total. The van der Waals surface area contributed by atoms with Crippen LogP contribution >= 0.6 is 11.6 Å². The lowest BCUT2D eigenvalue weighted by atomic mass is 10.0. The van der Waals surface area contributed by atoms with Gasteiger partial charge in [-0.05, 0) is 73.0 Å². The fourth-order valence-electron chi connectivity index (χ4n) is 3.07. The van der Waals surface area contributed by atoms with Crippen LogP contribution in [0.1, 0.15) is 11.3 Å². The number of benzene rings is 3. The molecule has 0 bridgehead atoms. The van der Waals surface area contributed by atoms with Gasteiger partial charge >= 0.3 is 0 Å². The van der Waals surface area contributed by atoms with Gasteiger partial charge in [-0.2, -0.15) is 5.10 Å². The van der Waals surface area contributed by atoms with Crippen molar-refractivity contribution in [2.24, 2.45) is 0 Å². The molecular weight excluding hydrogens is 335 g/mol. The summed E-state index contributed by atoms with van der Waals surface area (Å²) in [6.45, 7) is 3.74. The first kappa shape index (κ1) is 15.9. The van der Waals surface area contributed by atoms with Crippen molar-refractivity contribution in [3.63, 3.8) is 0 Å². The third-order valence-corrected chi connectivity index (χ3v) is 4.64. The summed E-state index contributed by atoms with van der Waals surface area (Å²) in [5, 5.41) is 6.43. The average molecular weight is 351 g/mol. The zero-order chi connectivity index (χ0) is 17.6. The van der Waals surface area contributed by atoms with Crippen LogP contribution in [0, 0.1) is 19.7 Å². The van der Waals surface area contributed by atoms with Gasteiger partial charge in [-0.25, -0.2) is 9.07 Å². The van der Waals surface area contributed by atoms with Crippen LogP contribution in [0.25, 0.3) is 27.7 Å². The Bertz CT molecular complexity index is 1100. The molecule has 4 rings (SSSR count). The average Bonchev–Trinajstić information content (AvgIpc) is 2.94. The predicted molar refractivity (Wildman–Crippen MR) is 101 cm³/mol. The topological polar surface area (TPSA) is 17.8 Å². The maximum absolute atomic E-state index is 13.6. The van der Waals surface area contributed by atoms with Gasteiger partial charge in [0.15, 0.2) is 0 Å². The van der Waals surface area contributed by atoms with Crippen LogP contribution in [0.2, 0.25) is 5.02 Å². The van der Waals surface area contributed by atoms with E-state index in [1.807, 2.05) is 48.0 Å². The Morgan fingerprint density at radius 3 is 2.48 bits per heavy atom. The van der Waals surface area contributed by atoms with Crippen molar-refractivity contribution >= 4 is 22.5 Å². The molecule has 0 aliphatic heterocycles. The van der Waals surface area contributed by atoms with Crippen LogP contribution in [-0.2, 0) is 0 Å². The van der Waals surface area contributed by atoms with E-state index in [4.69, 9.17) is 11.6 Å². The number of hydrogen-bond donors (Lipinski definition) is 0. The Balaban J connectivity index is 1.88. The summed E-state index contributed by atoms with van der Waals surface area (Å²) in [5.74, 6) is -0.208. The monoisotopic (exact) mass is 350 g/mol. The number of halogens is 2. The predicted octanol–water partition coefficient (Wildman–Crippen LogP) is 6.10. The van der Waals surface area contributed by atoms with Crippen LogP contribution in [-0.4, -0.2) is 9.78 Å². The van der Waals surface area contributed by atoms with E-state index in [1.54, 1.807) is 13.0 Å². The molecule has 0 radical (unpaired) electrons. The Morgan fingerprint density at radius 1 is 0.920 bits per heavy atom. The van der Waals surface area contributed by atoms with Crippen molar-refractivity contribution in [1.29, 1.82) is 0 Å². The van der Waals surface area contributed by atoms with Crippen molar-refractivity contribution in [2.75, 3.05) is 0 Å². The summed E-state index contributed by atoms with van der Waals surface area (Å²) >= 11 is 6.11. The molecule has 0 aliphatic rings. The van der Waals surface area contributed by atoms with Gasteiger partial charge < -0.3 is 0 Å². The van der Waals surface area contributed by atoms with Gasteiger partial charge in [-0.15, -0.1) is 0 Å². The van der Waals surface area contributed by atoms with E-state index < -0.39 is 0 Å². The second-order valence-electron chi connectivity index (χ2n) is 6.17. The first-order valence-electron chi connectivity index (χ1n) is 8.05. The van der Waals surface area contributed by atoms with Gasteiger partial charge in [0.2, 0.25) is 0 Å². The lowest BCUT2D eigenvalue weighted by molar-refractivity contribution is 0.617. The van der Waals surface area contributed by atoms with Crippen LogP contribution in [0.15, 0.2) is 60.7 Å². The zero-order valence-corrected chi connectivity index (χ0v) is 14.7. The Kier molecular flexibility index (Phi) is 3.81. The van der Waals surface area contributed by atoms with E-state index in [2.05, 4.69) is 17.2 Å². The Hall–Kier alpha value is -2.65. The number of rotatable bonds is 2. The number of aryl methyl sites for hydroxylation is 2. The minimum absolute atomic E-state index is 0.208. The number of fused-ring (bicyclic) bond motifs is 1. The summed E-state index contributed by atoms with van der Waals surface area (Å²) < 4.78 is 15.4. The molecule has 25 heavy (non-hydrogen) atoms. The van der Waals surface area contributed by atoms with Crippen molar-refractivity contribution in [3.05, 3.63) is 82.8 Å². The third-order valence-electron chi connectivity index (χ3n) is 4.41. The van der Waals surface area contributed by atoms with Crippen molar-refractivity contribution in [1.82, 2.24) is 9.78 Å². The van der Waals surface area contributed by atoms with Crippen molar-refractivity contribution < 1.29 is 4.39 Å². The summed E-state index contributed by atoms with van der Waals surface area (Å²) in [6, 6.07) is 19.1. The maximum Gasteiger partial charge on any atom is 0.126 e. The van der Waals surface area contributed by atoms with Gasteiger partial charge in [0, 0.05) is 10.4 Å². The zero-order valence-electron chi connectivity index (χ0n) is 13.9. The molecule has 1 heterocycles. The lowest BCUT2D eigenvalue weighted by Gasteiger charge is -2.07. The van der Waals surface area contributed by atoms with Gasteiger partial charge in [0.1, 0.15) is 5.82 Å². The third kappa shape index (κ3) is 2.81. The molecule has 0 spiro atoms. The minimum atomic E-state index is -0.208. The van der Waals surface area contributed by atoms with E-state index in [1.165, 1.54) is 6.07 Å². The fraction of sp³-hybridized carbons (Fsp3) is 0.0952. The van der Waals surface area contributed by atoms with Crippen LogP contribution in [0.3, 0.4) is 0 Å². The molecule has 3 aromatic carbocycles. The number of nitrogens with zero attached hydrogens (tertiary/aromatic N) is 2. The van der Waals surface area contributed by atoms with E-state index in [-0.39, 0.29) is 5.82 Å². The quantitative estimate of drug-likeness (QED) is 0.427. The molecule has 1 aromatic heterocycles. The molecule has 0 saturated heterocycles. The van der Waals surface area contributed by atoms with Gasteiger partial charge in [-0.1, -0.05) is 29.8 Å². The fourth-order valence-corrected chi connectivity index (χ4v) is 3.26. The molecule has 0 N–H and O–H groups in total. The first-order chi connectivity index (χ1) is 12.0. The molecule has 0 aliphatic carbocycles. The SMILES string of the molecule is Cc1cc(-n2nc(C)c3cc(-c4cccc(Cl)c4)ccc32)ccc1F. The molecule has 0 saturated carbocycles. The molecule has 0 fully saturated rings. The standard InChI is InChI=1S/C21H16ClFN2/c1-13-10-18(7-8-20(13)23)25-21-9-6-16(12-19(21)14(2)24-25)15-4-3-5-17(22)11-15/h3-12H,1-2H3. The molecular formula is C21H16ClFN2. The van der Waals surface area contributed by atoms with Crippen molar-refractivity contribution in [3.8, 4) is 16.8 Å². The molecule has 0 atom stereocenters. The van der Waals surface area contributed by atoms with Crippen LogP contribution in [0.5, 0.6) is 0 Å². The maximum atomic E-state index is 13.6. The van der Waals surface area contributed by atoms with Gasteiger partial charge in [0.25, 0.3) is 0 Å². The van der Waals surface area contributed by atoms with E-state index in [9.17, 15) is 4.39 Å². The lowest BCUT2D eigenvalue weighted by Crippen LogP contribution is -1.98. The summed E-state index contributed by atoms with van der Waals surface area (Å²) in [4.78, 5) is 0. The summed E-state index contributed by atoms with van der Waals surface area (Å²) in [6.07, 6.45) is 0. The molecule has 0 unspecified atom stereocenters. The van der Waals surface area contributed by atoms with Crippen LogP contribution in [0.4, 0.5) is 4.39 Å². The second-order valence-corrected chi connectivity index (χ2v) is 6.61. The first-order valence-corrected chi connectivity index (χ1v) is 8.42. The normalized spacial score (nSPS) is 11.2. The highest BCUT2D eigenvalue weighted by Crippen LogP contribution is 2.29. The smallest absolute Gasteiger partial charge is 0.126 e. The van der Waals surface area contributed by atoms with E-state index >= 15 is 0 Å². The van der Waals surface area contributed by atoms with Crippen LogP contribution < -0.4 is 0 Å². The largest absolute Gasteiger partial charge is 0.233 e. The number of aromatic nitrogens is 2. The number of hydrogen-bond acceptors (Lipinski definition) is 1. The highest BCUT2D eigenvalue weighted by molar-refractivity contribution is 6.30. The molecule has 0 amide bonds. The Labute approximate surface area is 150 Å². The molecule has 4 aromatic rings. The second kappa shape index (κ2) is 6.01. The van der Waals surface area contributed by atoms with Crippen molar-refractivity contribution in [2.45, 2.75) is 13.8 Å². The highest BCUT2D eigenvalue weighted by Gasteiger charge is 2.11. The van der Waals surface area contributed by atoms with Gasteiger partial charge in [0.05, 0.1) is 16.9 Å². The molecule has 4 heteroatoms. The summed E-state index contributed by atoms with van der Waals surface area (Å²) in [5.41, 5.74) is 5.55. The van der Waals surface area contributed by atoms with E-state index in [0.717, 1.165) is 33.4 Å². The Morgan fingerprint density at radius 2 is 1.72 bits per heavy atom. The van der Waals surface area contributed by atoms with Gasteiger partial charge in [-0.3, -0.25) is 0 Å². The highest BCUT2D eigenvalue weighted by atomic mass is 35.5. The van der Waals surface area contributed by atoms with E-state index in [0.29, 0.717) is 10.6 Å².